The maximum atomic E-state index is 11.3. The molecule has 2 N–H and O–H groups in total. The first kappa shape index (κ1) is 28.0. The van der Waals surface area contributed by atoms with Crippen molar-refractivity contribution in [1.29, 1.82) is 0 Å². The normalized spacial score (nSPS) is 17.3. The second-order valence-electron chi connectivity index (χ2n) is 8.57. The van der Waals surface area contributed by atoms with Gasteiger partial charge in [0.2, 0.25) is 5.91 Å². The van der Waals surface area contributed by atoms with Crippen molar-refractivity contribution >= 4 is 64.7 Å². The van der Waals surface area contributed by atoms with Crippen molar-refractivity contribution in [2.45, 2.75) is 58.2 Å². The van der Waals surface area contributed by atoms with Crippen LogP contribution in [0, 0.1) is 0 Å². The van der Waals surface area contributed by atoms with Gasteiger partial charge in [-0.2, -0.15) is 0 Å². The molecule has 1 amide bonds. The van der Waals surface area contributed by atoms with Crippen LogP contribution in [0.1, 0.15) is 45.1 Å². The zero-order valence-corrected chi connectivity index (χ0v) is 22.0. The predicted molar refractivity (Wildman–Crippen MR) is 148 cm³/mol. The molecule has 3 aromatic rings. The summed E-state index contributed by atoms with van der Waals surface area (Å²) in [7, 11) is 0. The van der Waals surface area contributed by atoms with Crippen LogP contribution in [0.25, 0.3) is 10.9 Å². The SMILES string of the molecule is CCN(Cc1cc(NC2CCC(NC(C)=O)CC2)nc2ccccc12)c1ccc(Cl)cc1.Cl.Cl. The lowest BCUT2D eigenvalue weighted by Crippen LogP contribution is -2.39. The fourth-order valence-corrected chi connectivity index (χ4v) is 4.70. The number of anilines is 2. The average Bonchev–Trinajstić information content (AvgIpc) is 2.79. The molecule has 0 spiro atoms. The van der Waals surface area contributed by atoms with Crippen molar-refractivity contribution < 1.29 is 4.79 Å². The minimum Gasteiger partial charge on any atom is -0.367 e. The highest BCUT2D eigenvalue weighted by Gasteiger charge is 2.22. The number of benzene rings is 2. The molecule has 1 heterocycles. The number of carbonyl (C=O) groups excluding carboxylic acids is 1. The van der Waals surface area contributed by atoms with Crippen molar-refractivity contribution in [1.82, 2.24) is 10.3 Å². The van der Waals surface area contributed by atoms with Gasteiger partial charge in [0.1, 0.15) is 5.82 Å². The molecule has 0 unspecified atom stereocenters. The Labute approximate surface area is 219 Å². The predicted octanol–water partition coefficient (Wildman–Crippen LogP) is 6.62. The maximum Gasteiger partial charge on any atom is 0.217 e. The van der Waals surface area contributed by atoms with Gasteiger partial charge in [-0.15, -0.1) is 24.8 Å². The molecule has 1 aliphatic rings. The summed E-state index contributed by atoms with van der Waals surface area (Å²) >= 11 is 6.09. The fraction of sp³-hybridized carbons (Fsp3) is 0.385. The first-order chi connectivity index (χ1) is 15.5. The summed E-state index contributed by atoms with van der Waals surface area (Å²) in [6.07, 6.45) is 4.05. The molecule has 1 aliphatic carbocycles. The summed E-state index contributed by atoms with van der Waals surface area (Å²) in [5, 5.41) is 8.65. The molecule has 0 aliphatic heterocycles. The third kappa shape index (κ3) is 7.14. The van der Waals surface area contributed by atoms with Crippen LogP contribution >= 0.6 is 36.4 Å². The van der Waals surface area contributed by atoms with Crippen molar-refractivity contribution in [3.8, 4) is 0 Å². The third-order valence-electron chi connectivity index (χ3n) is 6.22. The third-order valence-corrected chi connectivity index (χ3v) is 6.48. The number of halogens is 3. The summed E-state index contributed by atoms with van der Waals surface area (Å²) in [6, 6.07) is 19.2. The number of amides is 1. The van der Waals surface area contributed by atoms with E-state index in [1.54, 1.807) is 6.92 Å². The van der Waals surface area contributed by atoms with Crippen LogP contribution in [0.15, 0.2) is 54.6 Å². The van der Waals surface area contributed by atoms with Gasteiger partial charge in [-0.3, -0.25) is 4.79 Å². The van der Waals surface area contributed by atoms with Gasteiger partial charge in [0.25, 0.3) is 0 Å². The van der Waals surface area contributed by atoms with Gasteiger partial charge in [0, 0.05) is 48.2 Å². The van der Waals surface area contributed by atoms with E-state index in [-0.39, 0.29) is 30.7 Å². The molecule has 1 aromatic heterocycles. The first-order valence-electron chi connectivity index (χ1n) is 11.4. The van der Waals surface area contributed by atoms with E-state index in [9.17, 15) is 4.79 Å². The molecule has 4 rings (SSSR count). The topological polar surface area (TPSA) is 57.3 Å². The molecule has 0 bridgehead atoms. The van der Waals surface area contributed by atoms with Gasteiger partial charge in [-0.25, -0.2) is 4.98 Å². The van der Waals surface area contributed by atoms with Gasteiger partial charge in [0.05, 0.1) is 5.52 Å². The Morgan fingerprint density at radius 3 is 2.32 bits per heavy atom. The highest BCUT2D eigenvalue weighted by atomic mass is 35.5. The smallest absolute Gasteiger partial charge is 0.217 e. The second kappa shape index (κ2) is 13.0. The first-order valence-corrected chi connectivity index (χ1v) is 11.8. The monoisotopic (exact) mass is 522 g/mol. The molecule has 8 heteroatoms. The standard InChI is InChI=1S/C26H31ClN4O.2ClH/c1-3-31(23-14-8-20(27)9-15-23)17-19-16-26(30-25-7-5-4-6-24(19)25)29-22-12-10-21(11-13-22)28-18(2)32;;/h4-9,14-16,21-22H,3,10-13,17H2,1-2H3,(H,28,32)(H,29,30);2*1H. The highest BCUT2D eigenvalue weighted by Crippen LogP contribution is 2.27. The summed E-state index contributed by atoms with van der Waals surface area (Å²) in [5.74, 6) is 0.984. The van der Waals surface area contributed by atoms with Crippen LogP contribution in [0.3, 0.4) is 0 Å². The summed E-state index contributed by atoms with van der Waals surface area (Å²) < 4.78 is 0. The van der Waals surface area contributed by atoms with Gasteiger partial charge in [0.15, 0.2) is 0 Å². The van der Waals surface area contributed by atoms with E-state index in [0.29, 0.717) is 12.1 Å². The zero-order chi connectivity index (χ0) is 22.5. The minimum atomic E-state index is 0. The van der Waals surface area contributed by atoms with Crippen LogP contribution < -0.4 is 15.5 Å². The molecule has 0 atom stereocenters. The number of pyridine rings is 1. The van der Waals surface area contributed by atoms with E-state index >= 15 is 0 Å². The van der Waals surface area contributed by atoms with Gasteiger partial charge in [-0.1, -0.05) is 29.8 Å². The van der Waals surface area contributed by atoms with Crippen molar-refractivity contribution in [2.24, 2.45) is 0 Å². The number of nitrogens with one attached hydrogen (secondary N) is 2. The number of hydrogen-bond donors (Lipinski definition) is 2. The Balaban J connectivity index is 0.00000204. The molecule has 1 fully saturated rings. The number of nitrogens with zero attached hydrogens (tertiary/aromatic N) is 2. The van der Waals surface area contributed by atoms with E-state index in [1.165, 1.54) is 10.9 Å². The Morgan fingerprint density at radius 2 is 1.68 bits per heavy atom. The number of hydrogen-bond acceptors (Lipinski definition) is 4. The fourth-order valence-electron chi connectivity index (χ4n) is 4.57. The number of aromatic nitrogens is 1. The lowest BCUT2D eigenvalue weighted by molar-refractivity contribution is -0.119. The Hall–Kier alpha value is -2.21. The van der Waals surface area contributed by atoms with Crippen LogP contribution in [0.2, 0.25) is 5.02 Å². The zero-order valence-electron chi connectivity index (χ0n) is 19.6. The molecule has 2 aromatic carbocycles. The Kier molecular flexibility index (Phi) is 10.7. The number of para-hydroxylation sites is 1. The van der Waals surface area contributed by atoms with Gasteiger partial charge >= 0.3 is 0 Å². The quantitative estimate of drug-likeness (QED) is 0.365. The summed E-state index contributed by atoms with van der Waals surface area (Å²) in [5.41, 5.74) is 3.41. The average molecular weight is 524 g/mol. The van der Waals surface area contributed by atoms with Crippen molar-refractivity contribution in [3.63, 3.8) is 0 Å². The molecule has 5 nitrogen and oxygen atoms in total. The highest BCUT2D eigenvalue weighted by molar-refractivity contribution is 6.30. The van der Waals surface area contributed by atoms with E-state index in [4.69, 9.17) is 16.6 Å². The lowest BCUT2D eigenvalue weighted by Gasteiger charge is -2.30. The van der Waals surface area contributed by atoms with Crippen LogP contribution in [-0.2, 0) is 11.3 Å². The van der Waals surface area contributed by atoms with E-state index in [2.05, 4.69) is 58.9 Å². The van der Waals surface area contributed by atoms with Gasteiger partial charge < -0.3 is 15.5 Å². The van der Waals surface area contributed by atoms with Gasteiger partial charge in [-0.05, 0) is 74.6 Å². The largest absolute Gasteiger partial charge is 0.367 e. The van der Waals surface area contributed by atoms with E-state index in [1.807, 2.05) is 18.2 Å². The van der Waals surface area contributed by atoms with E-state index < -0.39 is 0 Å². The van der Waals surface area contributed by atoms with E-state index in [0.717, 1.165) is 60.8 Å². The molecule has 1 saturated carbocycles. The Bertz CT molecular complexity index is 1070. The maximum absolute atomic E-state index is 11.3. The number of rotatable bonds is 7. The van der Waals surface area contributed by atoms with Crippen LogP contribution in [-0.4, -0.2) is 29.5 Å². The molecule has 34 heavy (non-hydrogen) atoms. The second-order valence-corrected chi connectivity index (χ2v) is 9.00. The van der Waals surface area contributed by atoms with Crippen LogP contribution in [0.5, 0.6) is 0 Å². The number of carbonyl (C=O) groups is 1. The molecular weight excluding hydrogens is 491 g/mol. The number of fused-ring (bicyclic) bond motifs is 1. The molecule has 0 saturated heterocycles. The van der Waals surface area contributed by atoms with Crippen LogP contribution in [0.4, 0.5) is 11.5 Å². The summed E-state index contributed by atoms with van der Waals surface area (Å²) in [4.78, 5) is 18.6. The van der Waals surface area contributed by atoms with Crippen molar-refractivity contribution in [2.75, 3.05) is 16.8 Å². The summed E-state index contributed by atoms with van der Waals surface area (Å²) in [6.45, 7) is 5.46. The minimum absolute atomic E-state index is 0. The molecular formula is C26H33Cl3N4O. The molecule has 0 radical (unpaired) electrons. The lowest BCUT2D eigenvalue weighted by atomic mass is 9.91. The van der Waals surface area contributed by atoms with Crippen molar-refractivity contribution in [3.05, 3.63) is 65.2 Å². The molecule has 184 valence electrons. The Morgan fingerprint density at radius 1 is 1.03 bits per heavy atom.